The van der Waals surface area contributed by atoms with Crippen LogP contribution < -0.4 is 0 Å². The Labute approximate surface area is 124 Å². The van der Waals surface area contributed by atoms with E-state index >= 15 is 0 Å². The quantitative estimate of drug-likeness (QED) is 0.812. The standard InChI is InChI=1S/C15H22N2O2S/c1-13(15(18)19)17-9-7-16(8-10-17)11-12-20-14-5-3-2-4-6-14/h2-6,13H,7-12H2,1H3,(H,18,19). The van der Waals surface area contributed by atoms with E-state index in [1.807, 2.05) is 22.7 Å². The van der Waals surface area contributed by atoms with E-state index in [1.54, 1.807) is 6.92 Å². The van der Waals surface area contributed by atoms with Gasteiger partial charge in [-0.15, -0.1) is 11.8 Å². The van der Waals surface area contributed by atoms with Crippen molar-refractivity contribution in [3.63, 3.8) is 0 Å². The Balaban J connectivity index is 1.66. The number of carbonyl (C=O) groups is 1. The van der Waals surface area contributed by atoms with Crippen LogP contribution in [0.2, 0.25) is 0 Å². The third-order valence-corrected chi connectivity index (χ3v) is 4.72. The lowest BCUT2D eigenvalue weighted by Crippen LogP contribution is -2.52. The number of benzene rings is 1. The summed E-state index contributed by atoms with van der Waals surface area (Å²) in [6, 6.07) is 10.1. The number of hydrogen-bond donors (Lipinski definition) is 1. The fourth-order valence-electron chi connectivity index (χ4n) is 2.34. The van der Waals surface area contributed by atoms with Crippen LogP contribution in [0.4, 0.5) is 0 Å². The molecule has 0 bridgehead atoms. The molecule has 4 nitrogen and oxygen atoms in total. The van der Waals surface area contributed by atoms with Gasteiger partial charge in [0.15, 0.2) is 0 Å². The summed E-state index contributed by atoms with van der Waals surface area (Å²) in [5.41, 5.74) is 0. The average molecular weight is 294 g/mol. The molecule has 0 spiro atoms. The molecule has 1 saturated heterocycles. The van der Waals surface area contributed by atoms with Crippen molar-refractivity contribution in [3.8, 4) is 0 Å². The predicted molar refractivity (Wildman–Crippen MR) is 82.3 cm³/mol. The molecule has 1 aromatic carbocycles. The third kappa shape index (κ3) is 4.51. The van der Waals surface area contributed by atoms with Gasteiger partial charge in [0.25, 0.3) is 0 Å². The molecule has 1 aliphatic rings. The lowest BCUT2D eigenvalue weighted by molar-refractivity contribution is -0.143. The second kappa shape index (κ2) is 7.67. The monoisotopic (exact) mass is 294 g/mol. The average Bonchev–Trinajstić information content (AvgIpc) is 2.48. The highest BCUT2D eigenvalue weighted by Crippen LogP contribution is 2.17. The number of carboxylic acids is 1. The van der Waals surface area contributed by atoms with E-state index in [0.29, 0.717) is 0 Å². The van der Waals surface area contributed by atoms with Crippen molar-refractivity contribution in [3.05, 3.63) is 30.3 Å². The molecule has 1 aromatic rings. The SMILES string of the molecule is CC(C(=O)O)N1CCN(CCSc2ccccc2)CC1. The first-order valence-electron chi connectivity index (χ1n) is 7.04. The van der Waals surface area contributed by atoms with Crippen LogP contribution in [-0.2, 0) is 4.79 Å². The van der Waals surface area contributed by atoms with Gasteiger partial charge in [0.05, 0.1) is 0 Å². The van der Waals surface area contributed by atoms with Crippen LogP contribution in [0.25, 0.3) is 0 Å². The van der Waals surface area contributed by atoms with Gasteiger partial charge >= 0.3 is 5.97 Å². The Morgan fingerprint density at radius 1 is 1.25 bits per heavy atom. The van der Waals surface area contributed by atoms with Crippen molar-refractivity contribution in [2.45, 2.75) is 17.9 Å². The van der Waals surface area contributed by atoms with Gasteiger partial charge in [-0.25, -0.2) is 0 Å². The smallest absolute Gasteiger partial charge is 0.320 e. The molecule has 110 valence electrons. The maximum atomic E-state index is 11.0. The largest absolute Gasteiger partial charge is 0.480 e. The molecule has 20 heavy (non-hydrogen) atoms. The van der Waals surface area contributed by atoms with Gasteiger partial charge in [0.1, 0.15) is 6.04 Å². The molecule has 0 radical (unpaired) electrons. The minimum Gasteiger partial charge on any atom is -0.480 e. The second-order valence-corrected chi connectivity index (χ2v) is 6.22. The van der Waals surface area contributed by atoms with Gasteiger partial charge in [-0.05, 0) is 19.1 Å². The molecule has 1 unspecified atom stereocenters. The van der Waals surface area contributed by atoms with Gasteiger partial charge < -0.3 is 5.11 Å². The first kappa shape index (κ1) is 15.4. The highest BCUT2D eigenvalue weighted by molar-refractivity contribution is 7.99. The van der Waals surface area contributed by atoms with Crippen LogP contribution in [0.1, 0.15) is 6.92 Å². The highest BCUT2D eigenvalue weighted by Gasteiger charge is 2.24. The zero-order chi connectivity index (χ0) is 14.4. The molecule has 1 atom stereocenters. The van der Waals surface area contributed by atoms with E-state index in [2.05, 4.69) is 29.2 Å². The maximum Gasteiger partial charge on any atom is 0.320 e. The summed E-state index contributed by atoms with van der Waals surface area (Å²) in [4.78, 5) is 16.7. The number of nitrogens with zero attached hydrogens (tertiary/aromatic N) is 2. The van der Waals surface area contributed by atoms with Crippen LogP contribution in [0, 0.1) is 0 Å². The van der Waals surface area contributed by atoms with Crippen molar-refractivity contribution in [1.82, 2.24) is 9.80 Å². The molecule has 1 fully saturated rings. The fourth-order valence-corrected chi connectivity index (χ4v) is 3.27. The van der Waals surface area contributed by atoms with Gasteiger partial charge in [0, 0.05) is 43.4 Å². The molecule has 1 aliphatic heterocycles. The maximum absolute atomic E-state index is 11.0. The normalized spacial score (nSPS) is 18.9. The molecule has 0 aromatic heterocycles. The summed E-state index contributed by atoms with van der Waals surface area (Å²) in [6.07, 6.45) is 0. The number of carboxylic acid groups (broad SMARTS) is 1. The van der Waals surface area contributed by atoms with Gasteiger partial charge in [-0.1, -0.05) is 18.2 Å². The Hall–Kier alpha value is -1.04. The Morgan fingerprint density at radius 3 is 2.50 bits per heavy atom. The molecule has 2 rings (SSSR count). The number of thioether (sulfide) groups is 1. The molecular weight excluding hydrogens is 272 g/mol. The summed E-state index contributed by atoms with van der Waals surface area (Å²) < 4.78 is 0. The molecule has 1 heterocycles. The number of hydrogen-bond acceptors (Lipinski definition) is 4. The van der Waals surface area contributed by atoms with E-state index in [0.717, 1.165) is 38.5 Å². The lowest BCUT2D eigenvalue weighted by atomic mass is 10.2. The minimum absolute atomic E-state index is 0.365. The van der Waals surface area contributed by atoms with Crippen molar-refractivity contribution in [1.29, 1.82) is 0 Å². The van der Waals surface area contributed by atoms with Crippen LogP contribution in [-0.4, -0.2) is 65.4 Å². The number of piperazine rings is 1. The molecule has 5 heteroatoms. The zero-order valence-electron chi connectivity index (χ0n) is 11.9. The van der Waals surface area contributed by atoms with Crippen LogP contribution in [0.3, 0.4) is 0 Å². The molecule has 0 aliphatic carbocycles. The number of aliphatic carboxylic acids is 1. The number of rotatable bonds is 6. The Kier molecular flexibility index (Phi) is 5.88. The third-order valence-electron chi connectivity index (χ3n) is 3.73. The van der Waals surface area contributed by atoms with Crippen LogP contribution in [0.5, 0.6) is 0 Å². The molecule has 1 N–H and O–H groups in total. The van der Waals surface area contributed by atoms with E-state index in [9.17, 15) is 4.79 Å². The summed E-state index contributed by atoms with van der Waals surface area (Å²) in [6.45, 7) is 6.46. The minimum atomic E-state index is -0.724. The first-order valence-corrected chi connectivity index (χ1v) is 8.02. The topological polar surface area (TPSA) is 43.8 Å². The van der Waals surface area contributed by atoms with Crippen molar-refractivity contribution in [2.24, 2.45) is 0 Å². The van der Waals surface area contributed by atoms with Crippen molar-refractivity contribution >= 4 is 17.7 Å². The van der Waals surface area contributed by atoms with Crippen molar-refractivity contribution < 1.29 is 9.90 Å². The van der Waals surface area contributed by atoms with Gasteiger partial charge in [-0.3, -0.25) is 14.6 Å². The van der Waals surface area contributed by atoms with Crippen molar-refractivity contribution in [2.75, 3.05) is 38.5 Å². The summed E-state index contributed by atoms with van der Waals surface area (Å²) in [5, 5.41) is 9.01. The zero-order valence-corrected chi connectivity index (χ0v) is 12.7. The fraction of sp³-hybridized carbons (Fsp3) is 0.533. The van der Waals surface area contributed by atoms with E-state index in [-0.39, 0.29) is 6.04 Å². The second-order valence-electron chi connectivity index (χ2n) is 5.05. The Morgan fingerprint density at radius 2 is 1.90 bits per heavy atom. The molecule has 0 saturated carbocycles. The first-order chi connectivity index (χ1) is 9.66. The summed E-state index contributed by atoms with van der Waals surface area (Å²) in [7, 11) is 0. The molecular formula is C15H22N2O2S. The highest BCUT2D eigenvalue weighted by atomic mass is 32.2. The van der Waals surface area contributed by atoms with Crippen LogP contribution >= 0.6 is 11.8 Å². The predicted octanol–water partition coefficient (Wildman–Crippen LogP) is 1.87. The van der Waals surface area contributed by atoms with Gasteiger partial charge in [-0.2, -0.15) is 0 Å². The van der Waals surface area contributed by atoms with Crippen LogP contribution in [0.15, 0.2) is 35.2 Å². The van der Waals surface area contributed by atoms with Gasteiger partial charge in [0.2, 0.25) is 0 Å². The summed E-state index contributed by atoms with van der Waals surface area (Å²) >= 11 is 1.88. The van der Waals surface area contributed by atoms with E-state index in [4.69, 9.17) is 5.11 Å². The summed E-state index contributed by atoms with van der Waals surface area (Å²) in [5.74, 6) is 0.358. The van der Waals surface area contributed by atoms with E-state index < -0.39 is 5.97 Å². The lowest BCUT2D eigenvalue weighted by Gasteiger charge is -2.36. The molecule has 0 amide bonds. The Bertz CT molecular complexity index is 419. The van der Waals surface area contributed by atoms with E-state index in [1.165, 1.54) is 4.90 Å².